The highest BCUT2D eigenvalue weighted by Gasteiger charge is 2.08. The minimum atomic E-state index is 0.529. The Morgan fingerprint density at radius 2 is 2.31 bits per heavy atom. The van der Waals surface area contributed by atoms with E-state index in [0.29, 0.717) is 16.1 Å². The van der Waals surface area contributed by atoms with Crippen molar-refractivity contribution in [1.29, 1.82) is 5.26 Å². The normalized spacial score (nSPS) is 10.1. The minimum Gasteiger partial charge on any atom is -0.236 e. The summed E-state index contributed by atoms with van der Waals surface area (Å²) in [5, 5.41) is 12.9. The second kappa shape index (κ2) is 4.41. The maximum atomic E-state index is 8.67. The summed E-state index contributed by atoms with van der Waals surface area (Å²) in [7, 11) is 0. The molecule has 0 amide bonds. The highest BCUT2D eigenvalue weighted by Crippen LogP contribution is 2.11. The van der Waals surface area contributed by atoms with Crippen LogP contribution in [0.15, 0.2) is 23.1 Å². The van der Waals surface area contributed by atoms with E-state index < -0.39 is 0 Å². The average molecular weight is 278 g/mol. The van der Waals surface area contributed by atoms with Crippen LogP contribution in [0.4, 0.5) is 0 Å². The molecule has 6 heteroatoms. The zero-order valence-electron chi connectivity index (χ0n) is 8.55. The van der Waals surface area contributed by atoms with Gasteiger partial charge in [0, 0.05) is 12.6 Å². The van der Waals surface area contributed by atoms with Crippen molar-refractivity contribution in [2.24, 2.45) is 0 Å². The van der Waals surface area contributed by atoms with Crippen molar-refractivity contribution in [2.45, 2.75) is 13.3 Å². The molecule has 2 aromatic rings. The predicted molar refractivity (Wildman–Crippen MR) is 60.9 cm³/mol. The van der Waals surface area contributed by atoms with Gasteiger partial charge in [-0.25, -0.2) is 9.97 Å². The molecule has 0 saturated carbocycles. The van der Waals surface area contributed by atoms with E-state index in [1.165, 1.54) is 6.20 Å². The van der Waals surface area contributed by atoms with Gasteiger partial charge < -0.3 is 0 Å². The van der Waals surface area contributed by atoms with Crippen LogP contribution in [0.3, 0.4) is 0 Å². The van der Waals surface area contributed by atoms with E-state index in [9.17, 15) is 0 Å². The zero-order chi connectivity index (χ0) is 11.5. The third-order valence-electron chi connectivity index (χ3n) is 2.06. The molecular weight excluding hydrogens is 270 g/mol. The lowest BCUT2D eigenvalue weighted by molar-refractivity contribution is 0.776. The van der Waals surface area contributed by atoms with E-state index in [1.807, 2.05) is 13.0 Å². The van der Waals surface area contributed by atoms with Crippen molar-refractivity contribution in [3.05, 3.63) is 34.5 Å². The van der Waals surface area contributed by atoms with E-state index >= 15 is 0 Å². The van der Waals surface area contributed by atoms with E-state index in [4.69, 9.17) is 5.26 Å². The van der Waals surface area contributed by atoms with Gasteiger partial charge in [-0.05, 0) is 28.1 Å². The Balaban J connectivity index is 2.46. The fraction of sp³-hybridized carbons (Fsp3) is 0.200. The van der Waals surface area contributed by atoms with Crippen LogP contribution >= 0.6 is 15.9 Å². The number of aromatic nitrogens is 4. The number of pyridine rings is 1. The van der Waals surface area contributed by atoms with Gasteiger partial charge in [0.25, 0.3) is 0 Å². The van der Waals surface area contributed by atoms with Crippen molar-refractivity contribution in [2.75, 3.05) is 0 Å². The molecule has 0 radical (unpaired) electrons. The molecule has 0 atom stereocenters. The van der Waals surface area contributed by atoms with Gasteiger partial charge in [0.2, 0.25) is 4.73 Å². The summed E-state index contributed by atoms with van der Waals surface area (Å²) in [5.41, 5.74) is 0.529. The Labute approximate surface area is 101 Å². The lowest BCUT2D eigenvalue weighted by atomic mass is 10.3. The van der Waals surface area contributed by atoms with Crippen molar-refractivity contribution in [3.63, 3.8) is 0 Å². The molecule has 16 heavy (non-hydrogen) atoms. The lowest BCUT2D eigenvalue weighted by Gasteiger charge is -2.02. The molecule has 2 heterocycles. The summed E-state index contributed by atoms with van der Waals surface area (Å²) >= 11 is 3.23. The molecule has 0 aliphatic carbocycles. The van der Waals surface area contributed by atoms with Gasteiger partial charge in [0.05, 0.1) is 5.56 Å². The van der Waals surface area contributed by atoms with Crippen LogP contribution in [-0.2, 0) is 6.42 Å². The summed E-state index contributed by atoms with van der Waals surface area (Å²) in [4.78, 5) is 8.37. The first-order chi connectivity index (χ1) is 7.74. The molecule has 0 bridgehead atoms. The average Bonchev–Trinajstić information content (AvgIpc) is 2.70. The van der Waals surface area contributed by atoms with Gasteiger partial charge in [-0.15, -0.1) is 5.10 Å². The molecule has 0 aromatic carbocycles. The van der Waals surface area contributed by atoms with Crippen LogP contribution in [-0.4, -0.2) is 19.7 Å². The maximum Gasteiger partial charge on any atom is 0.218 e. The van der Waals surface area contributed by atoms with Gasteiger partial charge in [-0.1, -0.05) is 6.92 Å². The van der Waals surface area contributed by atoms with Crippen LogP contribution in [0, 0.1) is 11.3 Å². The molecule has 0 unspecified atom stereocenters. The molecule has 2 rings (SSSR count). The Hall–Kier alpha value is -1.74. The molecule has 0 aliphatic heterocycles. The molecule has 0 N–H and O–H groups in total. The quantitative estimate of drug-likeness (QED) is 0.840. The third kappa shape index (κ3) is 1.95. The van der Waals surface area contributed by atoms with Gasteiger partial charge in [0.15, 0.2) is 5.82 Å². The number of nitrogens with zero attached hydrogens (tertiary/aromatic N) is 5. The summed E-state index contributed by atoms with van der Waals surface area (Å²) in [6, 6.07) is 5.48. The zero-order valence-corrected chi connectivity index (χ0v) is 10.1. The fourth-order valence-corrected chi connectivity index (χ4v) is 1.67. The Kier molecular flexibility index (Phi) is 2.97. The van der Waals surface area contributed by atoms with E-state index in [2.05, 4.69) is 31.0 Å². The van der Waals surface area contributed by atoms with Crippen LogP contribution in [0.25, 0.3) is 5.82 Å². The van der Waals surface area contributed by atoms with Gasteiger partial charge in [-0.2, -0.15) is 9.94 Å². The first-order valence-corrected chi connectivity index (χ1v) is 5.52. The molecule has 2 aromatic heterocycles. The van der Waals surface area contributed by atoms with Gasteiger partial charge >= 0.3 is 0 Å². The van der Waals surface area contributed by atoms with Crippen LogP contribution < -0.4 is 0 Å². The molecule has 5 nitrogen and oxygen atoms in total. The lowest BCUT2D eigenvalue weighted by Crippen LogP contribution is -2.04. The van der Waals surface area contributed by atoms with Crippen LogP contribution in [0.5, 0.6) is 0 Å². The second-order valence-electron chi connectivity index (χ2n) is 3.08. The third-order valence-corrected chi connectivity index (χ3v) is 2.39. The molecule has 0 saturated heterocycles. The number of nitriles is 1. The second-order valence-corrected chi connectivity index (χ2v) is 3.79. The Morgan fingerprint density at radius 3 is 2.88 bits per heavy atom. The number of halogens is 1. The van der Waals surface area contributed by atoms with Crippen LogP contribution in [0.2, 0.25) is 0 Å². The first kappa shape index (κ1) is 10.8. The fourth-order valence-electron chi connectivity index (χ4n) is 1.31. The monoisotopic (exact) mass is 277 g/mol. The summed E-state index contributed by atoms with van der Waals surface area (Å²) in [5.74, 6) is 1.48. The molecule has 0 spiro atoms. The molecule has 80 valence electrons. The van der Waals surface area contributed by atoms with Crippen molar-refractivity contribution in [3.8, 4) is 11.9 Å². The van der Waals surface area contributed by atoms with E-state index in [-0.39, 0.29) is 0 Å². The van der Waals surface area contributed by atoms with Gasteiger partial charge in [0.1, 0.15) is 11.9 Å². The first-order valence-electron chi connectivity index (χ1n) is 4.72. The summed E-state index contributed by atoms with van der Waals surface area (Å²) in [6.45, 7) is 2.00. The van der Waals surface area contributed by atoms with Crippen LogP contribution in [0.1, 0.15) is 18.3 Å². The number of aryl methyl sites for hydroxylation is 1. The van der Waals surface area contributed by atoms with Crippen molar-refractivity contribution in [1.82, 2.24) is 19.7 Å². The number of hydrogen-bond donors (Lipinski definition) is 0. The number of hydrogen-bond acceptors (Lipinski definition) is 4. The highest BCUT2D eigenvalue weighted by atomic mass is 79.9. The minimum absolute atomic E-state index is 0.529. The summed E-state index contributed by atoms with van der Waals surface area (Å²) in [6.07, 6.45) is 2.28. The van der Waals surface area contributed by atoms with Crippen molar-refractivity contribution < 1.29 is 0 Å². The molecule has 0 aliphatic rings. The van der Waals surface area contributed by atoms with E-state index in [1.54, 1.807) is 16.8 Å². The molecular formula is C10H8BrN5. The topological polar surface area (TPSA) is 67.4 Å². The van der Waals surface area contributed by atoms with E-state index in [0.717, 1.165) is 12.2 Å². The Morgan fingerprint density at radius 1 is 1.50 bits per heavy atom. The largest absolute Gasteiger partial charge is 0.236 e. The standard InChI is InChI=1S/C10H8BrN5/c1-2-8-14-10(11)15-16(8)9-4-3-7(5-12)6-13-9/h3-4,6H,2H2,1H3. The highest BCUT2D eigenvalue weighted by molar-refractivity contribution is 9.10. The number of rotatable bonds is 2. The smallest absolute Gasteiger partial charge is 0.218 e. The molecule has 0 fully saturated rings. The van der Waals surface area contributed by atoms with Gasteiger partial charge in [-0.3, -0.25) is 0 Å². The Bertz CT molecular complexity index is 537. The SMILES string of the molecule is CCc1nc(Br)nn1-c1ccc(C#N)cn1. The predicted octanol–water partition coefficient (Wildman–Crippen LogP) is 1.86. The maximum absolute atomic E-state index is 8.67. The summed E-state index contributed by atoms with van der Waals surface area (Å²) < 4.78 is 2.20. The van der Waals surface area contributed by atoms with Crippen molar-refractivity contribution >= 4 is 15.9 Å².